The number of benzene rings is 2. The van der Waals surface area contributed by atoms with E-state index < -0.39 is 10.0 Å². The molecule has 0 spiro atoms. The van der Waals surface area contributed by atoms with E-state index in [1.807, 2.05) is 38.1 Å². The van der Waals surface area contributed by atoms with Gasteiger partial charge in [-0.25, -0.2) is 8.42 Å². The fraction of sp³-hybridized carbons (Fsp3) is 0.520. The van der Waals surface area contributed by atoms with Gasteiger partial charge in [0.2, 0.25) is 0 Å². The summed E-state index contributed by atoms with van der Waals surface area (Å²) in [5, 5.41) is 3.39. The van der Waals surface area contributed by atoms with Crippen LogP contribution in [-0.2, 0) is 21.2 Å². The van der Waals surface area contributed by atoms with Crippen molar-refractivity contribution in [1.82, 2.24) is 0 Å². The third kappa shape index (κ3) is 5.56. The fourth-order valence-corrected chi connectivity index (χ4v) is 6.06. The zero-order chi connectivity index (χ0) is 23.1. The van der Waals surface area contributed by atoms with Crippen molar-refractivity contribution in [3.63, 3.8) is 0 Å². The lowest BCUT2D eigenvalue weighted by molar-refractivity contribution is 0.0699. The lowest BCUT2D eigenvalue weighted by Crippen LogP contribution is -2.40. The van der Waals surface area contributed by atoms with E-state index >= 15 is 0 Å². The Bertz CT molecular complexity index is 966. The second-order valence-corrected chi connectivity index (χ2v) is 10.3. The molecule has 7 heteroatoms. The molecule has 0 bridgehead atoms. The Balaban J connectivity index is 1.87. The van der Waals surface area contributed by atoms with E-state index in [-0.39, 0.29) is 10.9 Å². The third-order valence-electron chi connectivity index (χ3n) is 6.38. The van der Waals surface area contributed by atoms with Gasteiger partial charge in [-0.2, -0.15) is 0 Å². The Hall–Kier alpha value is -2.25. The molecule has 0 aromatic heterocycles. The third-order valence-corrected chi connectivity index (χ3v) is 8.25. The number of sulfonamides is 1. The molecule has 1 fully saturated rings. The number of anilines is 3. The first-order chi connectivity index (χ1) is 15.4. The molecule has 0 aliphatic carbocycles. The largest absolute Gasteiger partial charge is 0.397 e. The molecule has 0 unspecified atom stereocenters. The van der Waals surface area contributed by atoms with Crippen molar-refractivity contribution in [2.75, 3.05) is 35.1 Å². The molecule has 3 rings (SSSR count). The first-order valence-corrected chi connectivity index (χ1v) is 13.2. The highest BCUT2D eigenvalue weighted by Gasteiger charge is 2.30. The number of aryl methyl sites for hydroxylation is 1. The SMILES string of the molecule is CCc1ccc(N(C(CC)CC)S(=O)(=O)c2ccc(NCC3CCOCC3)c(N)c2)cc1. The first-order valence-electron chi connectivity index (χ1n) is 11.7. The van der Waals surface area contributed by atoms with Crippen LogP contribution in [0, 0.1) is 5.92 Å². The Labute approximate surface area is 193 Å². The fourth-order valence-electron chi connectivity index (χ4n) is 4.23. The van der Waals surface area contributed by atoms with Gasteiger partial charge in [-0.05, 0) is 73.9 Å². The number of ether oxygens (including phenoxy) is 1. The predicted molar refractivity (Wildman–Crippen MR) is 133 cm³/mol. The van der Waals surface area contributed by atoms with Gasteiger partial charge in [-0.3, -0.25) is 4.31 Å². The second-order valence-electron chi connectivity index (χ2n) is 8.48. The number of hydrogen-bond acceptors (Lipinski definition) is 5. The molecule has 6 nitrogen and oxygen atoms in total. The topological polar surface area (TPSA) is 84.7 Å². The van der Waals surface area contributed by atoms with Crippen molar-refractivity contribution < 1.29 is 13.2 Å². The molecular formula is C25H37N3O3S. The van der Waals surface area contributed by atoms with Gasteiger partial charge in [-0.15, -0.1) is 0 Å². The highest BCUT2D eigenvalue weighted by molar-refractivity contribution is 7.92. The summed E-state index contributed by atoms with van der Waals surface area (Å²) in [6.07, 6.45) is 4.43. The van der Waals surface area contributed by atoms with Crippen LogP contribution in [0.4, 0.5) is 17.1 Å². The zero-order valence-electron chi connectivity index (χ0n) is 19.5. The minimum atomic E-state index is -3.76. The molecule has 0 amide bonds. The van der Waals surface area contributed by atoms with E-state index in [1.165, 1.54) is 5.56 Å². The summed E-state index contributed by atoms with van der Waals surface area (Å²) < 4.78 is 34.5. The number of hydrogen-bond donors (Lipinski definition) is 2. The van der Waals surface area contributed by atoms with E-state index in [0.29, 0.717) is 17.3 Å². The molecule has 1 saturated heterocycles. The van der Waals surface area contributed by atoms with Crippen molar-refractivity contribution in [3.05, 3.63) is 48.0 Å². The summed E-state index contributed by atoms with van der Waals surface area (Å²) in [4.78, 5) is 0.220. The molecule has 32 heavy (non-hydrogen) atoms. The van der Waals surface area contributed by atoms with Crippen LogP contribution in [0.25, 0.3) is 0 Å². The lowest BCUT2D eigenvalue weighted by atomic mass is 10.0. The Morgan fingerprint density at radius 3 is 2.28 bits per heavy atom. The summed E-state index contributed by atoms with van der Waals surface area (Å²) in [7, 11) is -3.76. The van der Waals surface area contributed by atoms with Crippen LogP contribution in [0.5, 0.6) is 0 Å². The molecule has 0 atom stereocenters. The van der Waals surface area contributed by atoms with Crippen LogP contribution < -0.4 is 15.4 Å². The molecule has 176 valence electrons. The Kier molecular flexibility index (Phi) is 8.43. The normalized spacial score (nSPS) is 15.1. The monoisotopic (exact) mass is 459 g/mol. The highest BCUT2D eigenvalue weighted by atomic mass is 32.2. The number of nitrogens with zero attached hydrogens (tertiary/aromatic N) is 1. The number of nitrogen functional groups attached to an aromatic ring is 1. The van der Waals surface area contributed by atoms with Gasteiger partial charge in [0, 0.05) is 25.8 Å². The Morgan fingerprint density at radius 1 is 1.06 bits per heavy atom. The zero-order valence-corrected chi connectivity index (χ0v) is 20.3. The maximum Gasteiger partial charge on any atom is 0.264 e. The number of rotatable bonds is 10. The van der Waals surface area contributed by atoms with Crippen molar-refractivity contribution >= 4 is 27.1 Å². The van der Waals surface area contributed by atoms with Gasteiger partial charge < -0.3 is 15.8 Å². The van der Waals surface area contributed by atoms with Crippen molar-refractivity contribution in [2.24, 2.45) is 5.92 Å². The highest BCUT2D eigenvalue weighted by Crippen LogP contribution is 2.32. The lowest BCUT2D eigenvalue weighted by Gasteiger charge is -2.32. The molecule has 1 aliphatic rings. The molecule has 3 N–H and O–H groups in total. The van der Waals surface area contributed by atoms with E-state index in [9.17, 15) is 8.42 Å². The van der Waals surface area contributed by atoms with E-state index in [2.05, 4.69) is 12.2 Å². The summed E-state index contributed by atoms with van der Waals surface area (Å²) in [6.45, 7) is 8.53. The molecule has 1 heterocycles. The van der Waals surface area contributed by atoms with Crippen molar-refractivity contribution in [3.8, 4) is 0 Å². The van der Waals surface area contributed by atoms with Crippen LogP contribution in [0.1, 0.15) is 52.0 Å². The van der Waals surface area contributed by atoms with Gasteiger partial charge in [-0.1, -0.05) is 32.9 Å². The first kappa shape index (κ1) is 24.4. The minimum Gasteiger partial charge on any atom is -0.397 e. The van der Waals surface area contributed by atoms with E-state index in [1.54, 1.807) is 22.5 Å². The van der Waals surface area contributed by atoms with Gasteiger partial charge in [0.05, 0.1) is 22.0 Å². The van der Waals surface area contributed by atoms with Crippen LogP contribution in [0.3, 0.4) is 0 Å². The van der Waals surface area contributed by atoms with Gasteiger partial charge in [0.1, 0.15) is 0 Å². The summed E-state index contributed by atoms with van der Waals surface area (Å²) in [6, 6.07) is 12.7. The average molecular weight is 460 g/mol. The summed E-state index contributed by atoms with van der Waals surface area (Å²) in [5.74, 6) is 0.544. The van der Waals surface area contributed by atoms with Crippen LogP contribution >= 0.6 is 0 Å². The average Bonchev–Trinajstić information content (AvgIpc) is 2.82. The number of nitrogens with two attached hydrogens (primary N) is 1. The molecule has 1 aliphatic heterocycles. The maximum atomic E-state index is 13.8. The van der Waals surface area contributed by atoms with Gasteiger partial charge in [0.15, 0.2) is 0 Å². The summed E-state index contributed by atoms with van der Waals surface area (Å²) >= 11 is 0. The molecule has 2 aromatic carbocycles. The molecule has 0 radical (unpaired) electrons. The predicted octanol–water partition coefficient (Wildman–Crippen LogP) is 5.05. The molecule has 0 saturated carbocycles. The van der Waals surface area contributed by atoms with Gasteiger partial charge >= 0.3 is 0 Å². The number of nitrogens with one attached hydrogen (secondary N) is 1. The van der Waals surface area contributed by atoms with Crippen LogP contribution in [0.2, 0.25) is 0 Å². The quantitative estimate of drug-likeness (QED) is 0.486. The standard InChI is InChI=1S/C25H37N3O3S/c1-4-19-7-9-22(10-8-19)28(21(5-2)6-3)32(29,30)23-11-12-25(24(26)17-23)27-18-20-13-15-31-16-14-20/h7-12,17,20-21,27H,4-6,13-16,18,26H2,1-3H3. The van der Waals surface area contributed by atoms with Gasteiger partial charge in [0.25, 0.3) is 10.0 Å². The van der Waals surface area contributed by atoms with E-state index in [0.717, 1.165) is 57.6 Å². The second kappa shape index (κ2) is 11.1. The molecule has 2 aromatic rings. The van der Waals surface area contributed by atoms with Crippen molar-refractivity contribution in [1.29, 1.82) is 0 Å². The van der Waals surface area contributed by atoms with Crippen molar-refractivity contribution in [2.45, 2.75) is 63.8 Å². The van der Waals surface area contributed by atoms with Crippen LogP contribution in [-0.4, -0.2) is 34.2 Å². The summed E-state index contributed by atoms with van der Waals surface area (Å²) in [5.41, 5.74) is 9.38. The van der Waals surface area contributed by atoms with Crippen LogP contribution in [0.15, 0.2) is 47.4 Å². The maximum absolute atomic E-state index is 13.8. The molecular weight excluding hydrogens is 422 g/mol. The Morgan fingerprint density at radius 2 is 1.72 bits per heavy atom. The minimum absolute atomic E-state index is 0.125. The smallest absolute Gasteiger partial charge is 0.264 e. The van der Waals surface area contributed by atoms with E-state index in [4.69, 9.17) is 10.5 Å².